The van der Waals surface area contributed by atoms with E-state index < -0.39 is 19.0 Å². The highest BCUT2D eigenvalue weighted by Gasteiger charge is 2.42. The number of hydrogen-bond donors (Lipinski definition) is 4. The van der Waals surface area contributed by atoms with E-state index in [-0.39, 0.29) is 24.4 Å². The monoisotopic (exact) mass is 311 g/mol. The normalized spacial score (nSPS) is 22.9. The molecule has 1 aliphatic carbocycles. The highest BCUT2D eigenvalue weighted by Crippen LogP contribution is 2.34. The van der Waals surface area contributed by atoms with Crippen molar-refractivity contribution in [1.29, 1.82) is 0 Å². The molecule has 0 aromatic rings. The molecule has 1 saturated carbocycles. The molecule has 4 N–H and O–H groups in total. The van der Waals surface area contributed by atoms with Crippen molar-refractivity contribution in [3.63, 3.8) is 0 Å². The molecule has 1 heterocycles. The predicted molar refractivity (Wildman–Crippen MR) is 82.7 cm³/mol. The Labute approximate surface area is 131 Å². The summed E-state index contributed by atoms with van der Waals surface area (Å²) >= 11 is 0. The van der Waals surface area contributed by atoms with Gasteiger partial charge in [0, 0.05) is 12.6 Å². The average Bonchev–Trinajstić information content (AvgIpc) is 3.18. The third kappa shape index (κ3) is 4.69. The van der Waals surface area contributed by atoms with Gasteiger partial charge in [0.15, 0.2) is 0 Å². The fourth-order valence-corrected chi connectivity index (χ4v) is 2.84. The summed E-state index contributed by atoms with van der Waals surface area (Å²) in [5.74, 6) is -0.998. The summed E-state index contributed by atoms with van der Waals surface area (Å²) in [6, 6.07) is 0.452. The molecule has 0 aromatic heterocycles. The maximum atomic E-state index is 12.0. The second-order valence-corrected chi connectivity index (χ2v) is 6.71. The van der Waals surface area contributed by atoms with Gasteiger partial charge in [-0.15, -0.1) is 0 Å². The second kappa shape index (κ2) is 7.43. The van der Waals surface area contributed by atoms with Crippen molar-refractivity contribution in [2.24, 2.45) is 5.92 Å². The molecule has 7 nitrogen and oxygen atoms in total. The predicted octanol–water partition coefficient (Wildman–Crippen LogP) is -1.12. The van der Waals surface area contributed by atoms with E-state index in [0.717, 1.165) is 25.8 Å². The number of carbonyl (C=O) groups is 2. The molecule has 1 unspecified atom stereocenters. The Bertz CT molecular complexity index is 415. The zero-order valence-corrected chi connectivity index (χ0v) is 13.3. The van der Waals surface area contributed by atoms with Crippen LogP contribution in [0.25, 0.3) is 0 Å². The van der Waals surface area contributed by atoms with Gasteiger partial charge in [0.1, 0.15) is 0 Å². The molecule has 0 aromatic carbocycles. The lowest BCUT2D eigenvalue weighted by Crippen LogP contribution is -2.58. The van der Waals surface area contributed by atoms with Gasteiger partial charge in [-0.05, 0) is 31.6 Å². The largest absolute Gasteiger partial charge is 0.475 e. The van der Waals surface area contributed by atoms with E-state index in [2.05, 4.69) is 15.5 Å². The van der Waals surface area contributed by atoms with Crippen LogP contribution in [-0.4, -0.2) is 65.0 Å². The first kappa shape index (κ1) is 17.2. The standard InChI is InChI=1S/C14H26BN3O4/c1-9(2)7-12(15(21)22)17-13(19)8-16-14(20)11-5-6-18(11)10-3-4-10/h9-12,21-22H,3-8H2,1-2H3,(H,16,20)(H,17,19)/t11-,12?/m0/s1. The molecule has 8 heteroatoms. The van der Waals surface area contributed by atoms with Crippen LogP contribution in [0.3, 0.4) is 0 Å². The lowest BCUT2D eigenvalue weighted by molar-refractivity contribution is -0.133. The van der Waals surface area contributed by atoms with Crippen molar-refractivity contribution >= 4 is 18.9 Å². The average molecular weight is 311 g/mol. The molecular weight excluding hydrogens is 285 g/mol. The smallest absolute Gasteiger partial charge is 0.426 e. The number of hydrogen-bond acceptors (Lipinski definition) is 5. The van der Waals surface area contributed by atoms with Gasteiger partial charge < -0.3 is 20.7 Å². The summed E-state index contributed by atoms with van der Waals surface area (Å²) in [6.45, 7) is 4.70. The lowest BCUT2D eigenvalue weighted by atomic mass is 9.75. The first-order valence-electron chi connectivity index (χ1n) is 8.07. The van der Waals surface area contributed by atoms with Gasteiger partial charge in [0.05, 0.1) is 18.5 Å². The molecular formula is C14H26BN3O4. The van der Waals surface area contributed by atoms with Gasteiger partial charge in [0.2, 0.25) is 11.8 Å². The van der Waals surface area contributed by atoms with Crippen LogP contribution in [0.4, 0.5) is 0 Å². The molecule has 2 aliphatic rings. The van der Waals surface area contributed by atoms with Gasteiger partial charge in [0.25, 0.3) is 0 Å². The van der Waals surface area contributed by atoms with E-state index in [9.17, 15) is 19.6 Å². The van der Waals surface area contributed by atoms with Gasteiger partial charge in [-0.25, -0.2) is 0 Å². The third-order valence-corrected chi connectivity index (χ3v) is 4.23. The SMILES string of the molecule is CC(C)CC(NC(=O)CNC(=O)[C@@H]1CCN1C1CC1)B(O)O. The molecule has 2 fully saturated rings. The molecule has 2 rings (SSSR count). The maximum Gasteiger partial charge on any atom is 0.475 e. The summed E-state index contributed by atoms with van der Waals surface area (Å²) in [5.41, 5.74) is 0. The molecule has 0 spiro atoms. The van der Waals surface area contributed by atoms with Crippen molar-refractivity contribution in [2.45, 2.75) is 57.6 Å². The second-order valence-electron chi connectivity index (χ2n) is 6.71. The summed E-state index contributed by atoms with van der Waals surface area (Å²) in [4.78, 5) is 26.1. The first-order chi connectivity index (χ1) is 10.4. The topological polar surface area (TPSA) is 102 Å². The molecule has 1 saturated heterocycles. The Hall–Kier alpha value is -1.12. The van der Waals surface area contributed by atoms with Crippen LogP contribution in [0.2, 0.25) is 0 Å². The number of rotatable bonds is 8. The van der Waals surface area contributed by atoms with Gasteiger partial charge in [-0.2, -0.15) is 0 Å². The van der Waals surface area contributed by atoms with E-state index in [4.69, 9.17) is 0 Å². The number of likely N-dealkylation sites (tertiary alicyclic amines) is 1. The Morgan fingerprint density at radius 2 is 1.95 bits per heavy atom. The van der Waals surface area contributed by atoms with Crippen molar-refractivity contribution in [2.75, 3.05) is 13.1 Å². The van der Waals surface area contributed by atoms with Crippen molar-refractivity contribution in [3.05, 3.63) is 0 Å². The first-order valence-corrected chi connectivity index (χ1v) is 8.07. The van der Waals surface area contributed by atoms with E-state index in [0.29, 0.717) is 12.5 Å². The van der Waals surface area contributed by atoms with Crippen molar-refractivity contribution < 1.29 is 19.6 Å². The molecule has 0 radical (unpaired) electrons. The van der Waals surface area contributed by atoms with Crippen LogP contribution >= 0.6 is 0 Å². The van der Waals surface area contributed by atoms with Crippen molar-refractivity contribution in [3.8, 4) is 0 Å². The number of nitrogens with zero attached hydrogens (tertiary/aromatic N) is 1. The van der Waals surface area contributed by atoms with Crippen molar-refractivity contribution in [1.82, 2.24) is 15.5 Å². The van der Waals surface area contributed by atoms with E-state index >= 15 is 0 Å². The van der Waals surface area contributed by atoms with Gasteiger partial charge in [-0.1, -0.05) is 13.8 Å². The fourth-order valence-electron chi connectivity index (χ4n) is 2.84. The number of nitrogens with one attached hydrogen (secondary N) is 2. The fraction of sp³-hybridized carbons (Fsp3) is 0.857. The number of amides is 2. The van der Waals surface area contributed by atoms with E-state index in [1.165, 1.54) is 0 Å². The molecule has 22 heavy (non-hydrogen) atoms. The highest BCUT2D eigenvalue weighted by atomic mass is 16.4. The minimum Gasteiger partial charge on any atom is -0.426 e. The van der Waals surface area contributed by atoms with Crippen LogP contribution in [-0.2, 0) is 9.59 Å². The van der Waals surface area contributed by atoms with Crippen LogP contribution in [0.5, 0.6) is 0 Å². The van der Waals surface area contributed by atoms with Crippen LogP contribution < -0.4 is 10.6 Å². The maximum absolute atomic E-state index is 12.0. The molecule has 2 atom stereocenters. The van der Waals surface area contributed by atoms with Crippen LogP contribution in [0, 0.1) is 5.92 Å². The Balaban J connectivity index is 1.71. The van der Waals surface area contributed by atoms with Crippen LogP contribution in [0.1, 0.15) is 39.5 Å². The van der Waals surface area contributed by atoms with Crippen LogP contribution in [0.15, 0.2) is 0 Å². The lowest BCUT2D eigenvalue weighted by Gasteiger charge is -2.39. The molecule has 2 amide bonds. The van der Waals surface area contributed by atoms with E-state index in [1.54, 1.807) is 0 Å². The number of carbonyl (C=O) groups excluding carboxylic acids is 2. The van der Waals surface area contributed by atoms with Gasteiger partial charge >= 0.3 is 7.12 Å². The zero-order valence-electron chi connectivity index (χ0n) is 13.3. The van der Waals surface area contributed by atoms with E-state index in [1.807, 2.05) is 13.8 Å². The summed E-state index contributed by atoms with van der Waals surface area (Å²) in [6.07, 6.45) is 3.63. The summed E-state index contributed by atoms with van der Waals surface area (Å²) in [7, 11) is -1.60. The quantitative estimate of drug-likeness (QED) is 0.426. The summed E-state index contributed by atoms with van der Waals surface area (Å²) < 4.78 is 0. The minimum absolute atomic E-state index is 0.102. The van der Waals surface area contributed by atoms with Gasteiger partial charge in [-0.3, -0.25) is 14.5 Å². The third-order valence-electron chi connectivity index (χ3n) is 4.23. The zero-order chi connectivity index (χ0) is 16.3. The molecule has 124 valence electrons. The Kier molecular flexibility index (Phi) is 5.83. The molecule has 0 bridgehead atoms. The highest BCUT2D eigenvalue weighted by molar-refractivity contribution is 6.43. The molecule has 1 aliphatic heterocycles. The minimum atomic E-state index is -1.60. The Morgan fingerprint density at radius 3 is 2.41 bits per heavy atom. The Morgan fingerprint density at radius 1 is 1.27 bits per heavy atom. The summed E-state index contributed by atoms with van der Waals surface area (Å²) in [5, 5.41) is 23.7.